The van der Waals surface area contributed by atoms with Crippen LogP contribution in [0.3, 0.4) is 0 Å². The molecule has 6 nitrogen and oxygen atoms in total. The van der Waals surface area contributed by atoms with E-state index in [0.717, 1.165) is 22.6 Å². The summed E-state index contributed by atoms with van der Waals surface area (Å²) in [6, 6.07) is 14.3. The van der Waals surface area contributed by atoms with Gasteiger partial charge in [0, 0.05) is 43.4 Å². The van der Waals surface area contributed by atoms with E-state index in [1.54, 1.807) is 30.5 Å². The molecule has 0 aliphatic heterocycles. The molecule has 0 unspecified atom stereocenters. The Kier molecular flexibility index (Phi) is 4.90. The molecule has 1 N–H and O–H groups in total. The number of carbonyl (C=O) groups is 1. The monoisotopic (exact) mass is 369 g/mol. The molecule has 0 saturated heterocycles. The molecule has 26 heavy (non-hydrogen) atoms. The number of amides is 1. The van der Waals surface area contributed by atoms with Gasteiger partial charge in [-0.2, -0.15) is 0 Å². The first-order valence-electron chi connectivity index (χ1n) is 8.01. The number of imidazole rings is 1. The number of hydrogen-bond donors (Lipinski definition) is 1. The molecular formula is C19H19N3O3S. The van der Waals surface area contributed by atoms with Crippen molar-refractivity contribution < 1.29 is 13.2 Å². The molecule has 1 aromatic heterocycles. The van der Waals surface area contributed by atoms with Crippen molar-refractivity contribution in [3.8, 4) is 11.4 Å². The first kappa shape index (κ1) is 17.9. The van der Waals surface area contributed by atoms with E-state index in [9.17, 15) is 13.2 Å². The van der Waals surface area contributed by atoms with E-state index in [0.29, 0.717) is 11.4 Å². The summed E-state index contributed by atoms with van der Waals surface area (Å²) in [5.41, 5.74) is 2.64. The van der Waals surface area contributed by atoms with Crippen LogP contribution in [0.25, 0.3) is 11.4 Å². The lowest BCUT2D eigenvalue weighted by molar-refractivity contribution is -0.114. The van der Waals surface area contributed by atoms with Crippen LogP contribution in [0.15, 0.2) is 65.8 Å². The molecule has 0 aliphatic carbocycles. The molecule has 0 saturated carbocycles. The van der Waals surface area contributed by atoms with Crippen LogP contribution in [0.2, 0.25) is 0 Å². The average Bonchev–Trinajstić information content (AvgIpc) is 3.03. The predicted octanol–water partition coefficient (Wildman–Crippen LogP) is 2.96. The maximum absolute atomic E-state index is 11.6. The minimum Gasteiger partial charge on any atom is -0.327 e. The number of aromatic nitrogens is 2. The van der Waals surface area contributed by atoms with Crippen molar-refractivity contribution in [2.75, 3.05) is 11.6 Å². The van der Waals surface area contributed by atoms with Crippen LogP contribution >= 0.6 is 0 Å². The van der Waals surface area contributed by atoms with Gasteiger partial charge in [0.15, 0.2) is 9.84 Å². The first-order valence-corrected chi connectivity index (χ1v) is 9.90. The molecule has 0 atom stereocenters. The molecule has 0 spiro atoms. The molecule has 134 valence electrons. The van der Waals surface area contributed by atoms with Crippen LogP contribution in [-0.2, 0) is 21.2 Å². The van der Waals surface area contributed by atoms with Gasteiger partial charge >= 0.3 is 0 Å². The van der Waals surface area contributed by atoms with Crippen LogP contribution in [0.5, 0.6) is 0 Å². The maximum atomic E-state index is 11.6. The number of nitrogens with one attached hydrogen (secondary N) is 1. The van der Waals surface area contributed by atoms with Crippen molar-refractivity contribution in [3.05, 3.63) is 66.5 Å². The topological polar surface area (TPSA) is 81.1 Å². The molecule has 2 aromatic carbocycles. The van der Waals surface area contributed by atoms with Crippen molar-refractivity contribution in [2.24, 2.45) is 0 Å². The summed E-state index contributed by atoms with van der Waals surface area (Å²) in [5, 5.41) is 2.73. The Balaban J connectivity index is 1.81. The highest BCUT2D eigenvalue weighted by atomic mass is 32.2. The Morgan fingerprint density at radius 1 is 1.08 bits per heavy atom. The maximum Gasteiger partial charge on any atom is 0.221 e. The lowest BCUT2D eigenvalue weighted by Gasteiger charge is -2.10. The summed E-state index contributed by atoms with van der Waals surface area (Å²) in [5.74, 6) is 0.684. The second kappa shape index (κ2) is 7.13. The number of rotatable bonds is 5. The van der Waals surface area contributed by atoms with Gasteiger partial charge in [0.25, 0.3) is 0 Å². The van der Waals surface area contributed by atoms with Crippen molar-refractivity contribution in [2.45, 2.75) is 18.4 Å². The van der Waals surface area contributed by atoms with Gasteiger partial charge in [-0.15, -0.1) is 0 Å². The van der Waals surface area contributed by atoms with E-state index in [4.69, 9.17) is 0 Å². The number of nitrogens with zero attached hydrogens (tertiary/aromatic N) is 2. The number of hydrogen-bond acceptors (Lipinski definition) is 4. The fraction of sp³-hybridized carbons (Fsp3) is 0.158. The van der Waals surface area contributed by atoms with Crippen molar-refractivity contribution in [1.82, 2.24) is 9.55 Å². The van der Waals surface area contributed by atoms with Crippen LogP contribution in [-0.4, -0.2) is 30.1 Å². The van der Waals surface area contributed by atoms with Gasteiger partial charge in [0.2, 0.25) is 5.91 Å². The van der Waals surface area contributed by atoms with E-state index in [2.05, 4.69) is 10.3 Å². The summed E-state index contributed by atoms with van der Waals surface area (Å²) in [7, 11) is -3.19. The summed E-state index contributed by atoms with van der Waals surface area (Å²) in [6.07, 6.45) is 4.80. The Hall–Kier alpha value is -2.93. The van der Waals surface area contributed by atoms with E-state index in [1.165, 1.54) is 13.2 Å². The van der Waals surface area contributed by atoms with Crippen LogP contribution in [0, 0.1) is 0 Å². The average molecular weight is 369 g/mol. The van der Waals surface area contributed by atoms with Crippen molar-refractivity contribution in [3.63, 3.8) is 0 Å². The normalized spacial score (nSPS) is 11.3. The fourth-order valence-corrected chi connectivity index (χ4v) is 3.27. The Morgan fingerprint density at radius 3 is 2.31 bits per heavy atom. The van der Waals surface area contributed by atoms with Crippen LogP contribution in [0.4, 0.5) is 5.69 Å². The predicted molar refractivity (Wildman–Crippen MR) is 101 cm³/mol. The van der Waals surface area contributed by atoms with Gasteiger partial charge in [0.05, 0.1) is 4.90 Å². The second-order valence-corrected chi connectivity index (χ2v) is 8.07. The first-order chi connectivity index (χ1) is 12.3. The summed E-state index contributed by atoms with van der Waals surface area (Å²) in [4.78, 5) is 15.8. The molecule has 1 heterocycles. The van der Waals surface area contributed by atoms with Gasteiger partial charge in [-0.3, -0.25) is 4.79 Å². The second-order valence-electron chi connectivity index (χ2n) is 6.05. The molecular weight excluding hydrogens is 350 g/mol. The highest BCUT2D eigenvalue weighted by Crippen LogP contribution is 2.21. The van der Waals surface area contributed by atoms with Crippen molar-refractivity contribution >= 4 is 21.4 Å². The number of sulfone groups is 1. The molecule has 1 amide bonds. The van der Waals surface area contributed by atoms with Crippen molar-refractivity contribution in [1.29, 1.82) is 0 Å². The quantitative estimate of drug-likeness (QED) is 0.750. The Labute approximate surface area is 152 Å². The number of carbonyl (C=O) groups excluding carboxylic acids is 1. The minimum absolute atomic E-state index is 0.114. The standard InChI is InChI=1S/C19H19N3O3S/c1-14(23)21-17-7-5-16(6-8-17)19-20-11-12-22(19)13-15-3-9-18(10-4-15)26(2,24)25/h3-12H,13H2,1-2H3,(H,21,23). The minimum atomic E-state index is -3.19. The third-order valence-corrected chi connectivity index (χ3v) is 5.01. The van der Waals surface area contributed by atoms with Crippen LogP contribution < -0.4 is 5.32 Å². The van der Waals surface area contributed by atoms with E-state index in [-0.39, 0.29) is 5.91 Å². The smallest absolute Gasteiger partial charge is 0.221 e. The van der Waals surface area contributed by atoms with E-state index >= 15 is 0 Å². The fourth-order valence-electron chi connectivity index (χ4n) is 2.64. The number of anilines is 1. The van der Waals surface area contributed by atoms with Crippen LogP contribution in [0.1, 0.15) is 12.5 Å². The van der Waals surface area contributed by atoms with Gasteiger partial charge < -0.3 is 9.88 Å². The zero-order valence-electron chi connectivity index (χ0n) is 14.5. The van der Waals surface area contributed by atoms with Gasteiger partial charge in [0.1, 0.15) is 5.82 Å². The van der Waals surface area contributed by atoms with E-state index in [1.807, 2.05) is 35.0 Å². The lowest BCUT2D eigenvalue weighted by atomic mass is 10.1. The molecule has 3 rings (SSSR count). The molecule has 0 bridgehead atoms. The van der Waals surface area contributed by atoms with Gasteiger partial charge in [-0.05, 0) is 42.0 Å². The zero-order valence-corrected chi connectivity index (χ0v) is 15.3. The van der Waals surface area contributed by atoms with E-state index < -0.39 is 9.84 Å². The summed E-state index contributed by atoms with van der Waals surface area (Å²) in [6.45, 7) is 2.04. The molecule has 0 radical (unpaired) electrons. The Morgan fingerprint density at radius 2 is 1.73 bits per heavy atom. The Bertz CT molecular complexity index is 1020. The molecule has 0 aliphatic rings. The summed E-state index contributed by atoms with van der Waals surface area (Å²) >= 11 is 0. The highest BCUT2D eigenvalue weighted by Gasteiger charge is 2.09. The highest BCUT2D eigenvalue weighted by molar-refractivity contribution is 7.90. The number of benzene rings is 2. The lowest BCUT2D eigenvalue weighted by Crippen LogP contribution is -2.05. The largest absolute Gasteiger partial charge is 0.327 e. The zero-order chi connectivity index (χ0) is 18.7. The third-order valence-electron chi connectivity index (χ3n) is 3.88. The molecule has 0 fully saturated rings. The van der Waals surface area contributed by atoms with Gasteiger partial charge in [-0.1, -0.05) is 12.1 Å². The molecule has 3 aromatic rings. The molecule has 7 heteroatoms. The summed E-state index contributed by atoms with van der Waals surface area (Å²) < 4.78 is 25.1. The van der Waals surface area contributed by atoms with Gasteiger partial charge in [-0.25, -0.2) is 13.4 Å². The SMILES string of the molecule is CC(=O)Nc1ccc(-c2nccn2Cc2ccc(S(C)(=O)=O)cc2)cc1. The third kappa shape index (κ3) is 4.18.